The predicted octanol–water partition coefficient (Wildman–Crippen LogP) is 18.9. The number of fused-ring (bicyclic) bond motifs is 7. The van der Waals surface area contributed by atoms with Crippen LogP contribution in [0.1, 0.15) is 66.6 Å². The molecule has 5 heterocycles. The Hall–Kier alpha value is -9.16. The Morgan fingerprint density at radius 2 is 0.914 bits per heavy atom. The number of imidazole rings is 1. The van der Waals surface area contributed by atoms with E-state index in [1.54, 1.807) is 12.1 Å². The summed E-state index contributed by atoms with van der Waals surface area (Å²) in [6.45, 7) is 13.1. The third-order valence-electron chi connectivity index (χ3n) is 15.0. The average Bonchev–Trinajstić information content (AvgIpc) is 1.67. The Balaban J connectivity index is 0.952. The second-order valence-electron chi connectivity index (χ2n) is 22.3. The van der Waals surface area contributed by atoms with Crippen LogP contribution in [0.2, 0.25) is 0 Å². The first-order valence-electron chi connectivity index (χ1n) is 31.8. The first-order valence-corrected chi connectivity index (χ1v) is 27.9. The van der Waals surface area contributed by atoms with Gasteiger partial charge in [0.25, 0.3) is 0 Å². The van der Waals surface area contributed by atoms with Crippen LogP contribution in [0.4, 0.5) is 0 Å². The topological polar surface area (TPSA) is 54.7 Å². The zero-order valence-corrected chi connectivity index (χ0v) is 47.5. The summed E-state index contributed by atoms with van der Waals surface area (Å²) in [7, 11) is 0. The molecule has 0 bridgehead atoms. The molecule has 0 saturated heterocycles. The normalized spacial score (nSPS) is 13.9. The van der Waals surface area contributed by atoms with E-state index in [0.29, 0.717) is 37.7 Å². The molecular formula is C73H58N6OPt. The van der Waals surface area contributed by atoms with E-state index in [9.17, 15) is 5.48 Å². The molecule has 81 heavy (non-hydrogen) atoms. The van der Waals surface area contributed by atoms with Crippen molar-refractivity contribution in [3.05, 3.63) is 258 Å². The van der Waals surface area contributed by atoms with Crippen molar-refractivity contribution < 1.29 is 37.8 Å². The molecule has 0 amide bonds. The number of hydrogen-bond acceptors (Lipinski definition) is 3. The van der Waals surface area contributed by atoms with E-state index in [-0.39, 0.29) is 38.8 Å². The number of pyridine rings is 2. The van der Waals surface area contributed by atoms with Gasteiger partial charge in [-0.15, -0.1) is 0 Å². The summed E-state index contributed by atoms with van der Waals surface area (Å²) < 4.78 is 107. The van der Waals surface area contributed by atoms with Crippen LogP contribution in [0.15, 0.2) is 243 Å². The fraction of sp³-hybridized carbons (Fsp3) is 0.110. The van der Waals surface area contributed by atoms with Gasteiger partial charge >= 0.3 is 382 Å². The van der Waals surface area contributed by atoms with Gasteiger partial charge in [0.2, 0.25) is 0 Å². The van der Waals surface area contributed by atoms with Gasteiger partial charge in [0, 0.05) is 34.0 Å². The second kappa shape index (κ2) is 19.6. The molecular weight excluding hydrogens is 1170 g/mol. The van der Waals surface area contributed by atoms with Crippen molar-refractivity contribution in [2.75, 3.05) is 0 Å². The minimum atomic E-state index is -0.582. The van der Waals surface area contributed by atoms with E-state index in [1.807, 2.05) is 141 Å². The number of aromatic nitrogens is 6. The van der Waals surface area contributed by atoms with E-state index in [4.69, 9.17) is 22.9 Å². The maximum atomic E-state index is 9.60. The molecule has 0 aliphatic rings. The van der Waals surface area contributed by atoms with E-state index in [2.05, 4.69) is 108 Å². The van der Waals surface area contributed by atoms with Crippen LogP contribution < -0.4 is 4.74 Å². The molecule has 0 saturated carbocycles. The summed E-state index contributed by atoms with van der Waals surface area (Å²) in [5, 5.41) is 3.92. The molecule has 0 aliphatic carbocycles. The number of hydrogen-bond donors (Lipinski definition) is 0. The van der Waals surface area contributed by atoms with Crippen molar-refractivity contribution in [3.8, 4) is 67.8 Å². The maximum absolute atomic E-state index is 9.60. The summed E-state index contributed by atoms with van der Waals surface area (Å²) in [5.41, 5.74) is 9.84. The van der Waals surface area contributed by atoms with Gasteiger partial charge < -0.3 is 0 Å². The van der Waals surface area contributed by atoms with E-state index in [0.717, 1.165) is 71.9 Å². The van der Waals surface area contributed by atoms with Crippen LogP contribution in [0.3, 0.4) is 0 Å². The summed E-state index contributed by atoms with van der Waals surface area (Å²) in [6.07, 6.45) is 1.93. The van der Waals surface area contributed by atoms with Crippen LogP contribution in [-0.4, -0.2) is 28.2 Å². The zero-order valence-electron chi connectivity index (χ0n) is 55.2. The van der Waals surface area contributed by atoms with E-state index >= 15 is 0 Å². The molecule has 14 aromatic rings. The SMILES string of the molecule is [2H]c1c([2H])c([2H])c(-c2cc(-n3c4ccccc4c4ccccc43)cc(-c3c([2H])c([2H])c([2H])c([2H])c3[2H])c2-n2[c](=[Pt])n(-c3cccc(Oc4ccc5c6ccccc6n(-c6ccc(-c7cc(C(C)(C)C)nc(C(C)(C)C)c7)cn6)c5c4)c3)c3ccccc32)c([2H])c1[2H]. The standard InChI is InChI=1S/C73H58N6O.Pt/c1-72(2,3)68-40-51(41-69(75-68)73(4,5)6)50-36-39-70(74-46-50)79-64-33-18-15-30-58(64)59-38-37-55(45-67(59)79)80-54-27-21-26-52(42-54)76-47-77(66-35-20-19-34-65(66)76)71-60(48-22-9-7-10-23-48)43-53(44-61(71)49-24-11-8-12-25-49)78-62-31-16-13-28-56(62)57-29-14-17-32-63(57)78;/h7-46H,1-6H3;/i7D,8D,9D,10D,11D,12D,22D,23D,24D,25D;. The van der Waals surface area contributed by atoms with Crippen molar-refractivity contribution in [2.45, 2.75) is 52.4 Å². The molecule has 0 radical (unpaired) electrons. The Kier molecular flexibility index (Phi) is 9.69. The summed E-state index contributed by atoms with van der Waals surface area (Å²) in [4.78, 5) is 10.2. The van der Waals surface area contributed by atoms with Crippen LogP contribution in [0.5, 0.6) is 11.5 Å². The molecule has 0 atom stereocenters. The third kappa shape index (κ3) is 8.75. The zero-order chi connectivity index (χ0) is 63.9. The first-order chi connectivity index (χ1) is 43.5. The number of ether oxygens (including phenoxy) is 1. The van der Waals surface area contributed by atoms with Crippen molar-refractivity contribution in [2.24, 2.45) is 0 Å². The van der Waals surface area contributed by atoms with E-state index in [1.165, 1.54) is 0 Å². The van der Waals surface area contributed by atoms with Crippen molar-refractivity contribution in [3.63, 3.8) is 0 Å². The number of para-hydroxylation sites is 5. The van der Waals surface area contributed by atoms with Crippen molar-refractivity contribution in [1.29, 1.82) is 0 Å². The van der Waals surface area contributed by atoms with Gasteiger partial charge in [-0.3, -0.25) is 4.98 Å². The quantitative estimate of drug-likeness (QED) is 0.145. The summed E-state index contributed by atoms with van der Waals surface area (Å²) in [6, 6.07) is 51.9. The van der Waals surface area contributed by atoms with Gasteiger partial charge in [-0.25, -0.2) is 0 Å². The molecule has 9 aromatic carbocycles. The first kappa shape index (κ1) is 40.1. The second-order valence-corrected chi connectivity index (χ2v) is 23.3. The Morgan fingerprint density at radius 1 is 0.407 bits per heavy atom. The molecule has 396 valence electrons. The van der Waals surface area contributed by atoms with Crippen LogP contribution in [0, 0.1) is 3.80 Å². The fourth-order valence-corrected chi connectivity index (χ4v) is 12.2. The van der Waals surface area contributed by atoms with E-state index < -0.39 is 60.4 Å². The van der Waals surface area contributed by atoms with Crippen molar-refractivity contribution in [1.82, 2.24) is 28.2 Å². The monoisotopic (exact) mass is 1240 g/mol. The number of benzene rings is 9. The van der Waals surface area contributed by atoms with Gasteiger partial charge in [0.15, 0.2) is 0 Å². The van der Waals surface area contributed by atoms with Gasteiger partial charge in [0.1, 0.15) is 0 Å². The third-order valence-corrected chi connectivity index (χ3v) is 16.0. The summed E-state index contributed by atoms with van der Waals surface area (Å²) >= 11 is 2.21. The molecule has 5 aromatic heterocycles. The number of nitrogens with zero attached hydrogens (tertiary/aromatic N) is 6. The van der Waals surface area contributed by atoms with Gasteiger partial charge in [0.05, 0.1) is 0 Å². The molecule has 0 fully saturated rings. The fourth-order valence-electron chi connectivity index (χ4n) is 11.1. The molecule has 7 nitrogen and oxygen atoms in total. The minimum absolute atomic E-state index is 0.147. The molecule has 0 spiro atoms. The molecule has 14 rings (SSSR count). The van der Waals surface area contributed by atoms with Crippen LogP contribution >= 0.6 is 0 Å². The summed E-state index contributed by atoms with van der Waals surface area (Å²) in [5.74, 6) is 1.83. The van der Waals surface area contributed by atoms with Gasteiger partial charge in [-0.05, 0) is 23.8 Å². The molecule has 0 aliphatic heterocycles. The van der Waals surface area contributed by atoms with Crippen molar-refractivity contribution >= 4 is 54.6 Å². The molecule has 8 heteroatoms. The van der Waals surface area contributed by atoms with Gasteiger partial charge in [-0.1, -0.05) is 53.7 Å². The Morgan fingerprint density at radius 3 is 1.46 bits per heavy atom. The van der Waals surface area contributed by atoms with Crippen LogP contribution in [0.25, 0.3) is 111 Å². The van der Waals surface area contributed by atoms with Crippen LogP contribution in [-0.2, 0) is 30.2 Å². The predicted molar refractivity (Wildman–Crippen MR) is 330 cm³/mol. The Bertz CT molecular complexity index is 5230. The number of rotatable bonds is 9. The average molecular weight is 1240 g/mol. The molecule has 0 unspecified atom stereocenters. The Labute approximate surface area is 496 Å². The molecule has 0 N–H and O–H groups in total. The van der Waals surface area contributed by atoms with Gasteiger partial charge in [-0.2, -0.15) is 0 Å².